The zero-order chi connectivity index (χ0) is 20.7. The Morgan fingerprint density at radius 1 is 1.13 bits per heavy atom. The van der Waals surface area contributed by atoms with Gasteiger partial charge < -0.3 is 9.47 Å². The minimum Gasteiger partial charge on any atom is -0.337 e. The molecule has 1 amide bonds. The maximum atomic E-state index is 13.2. The van der Waals surface area contributed by atoms with Crippen molar-refractivity contribution in [3.63, 3.8) is 0 Å². The summed E-state index contributed by atoms with van der Waals surface area (Å²) in [6, 6.07) is 18.2. The lowest BCUT2D eigenvalue weighted by Gasteiger charge is -2.32. The molecule has 152 valence electrons. The molecule has 1 saturated heterocycles. The Hall–Kier alpha value is -3.41. The summed E-state index contributed by atoms with van der Waals surface area (Å²) in [7, 11) is 2.06. The average Bonchev–Trinajstić information content (AvgIpc) is 3.40. The van der Waals surface area contributed by atoms with Gasteiger partial charge >= 0.3 is 0 Å². The molecule has 4 aromatic rings. The first kappa shape index (κ1) is 18.6. The van der Waals surface area contributed by atoms with Crippen LogP contribution in [0.15, 0.2) is 54.6 Å². The van der Waals surface area contributed by atoms with Crippen molar-refractivity contribution < 1.29 is 4.79 Å². The molecule has 0 saturated carbocycles. The summed E-state index contributed by atoms with van der Waals surface area (Å²) in [6.07, 6.45) is 2.01. The number of amides is 1. The fourth-order valence-corrected chi connectivity index (χ4v) is 4.38. The number of hydrogen-bond acceptors (Lipinski definition) is 3. The maximum Gasteiger partial charge on any atom is 0.271 e. The Balaban J connectivity index is 1.36. The maximum absolute atomic E-state index is 13.2. The van der Waals surface area contributed by atoms with Crippen molar-refractivity contribution in [2.24, 2.45) is 7.05 Å². The molecule has 0 spiro atoms. The molecule has 2 aromatic heterocycles. The smallest absolute Gasteiger partial charge is 0.271 e. The van der Waals surface area contributed by atoms with Crippen molar-refractivity contribution in [1.29, 1.82) is 0 Å². The number of imidazole rings is 1. The van der Waals surface area contributed by atoms with Crippen LogP contribution in [0.1, 0.15) is 40.6 Å². The summed E-state index contributed by atoms with van der Waals surface area (Å²) in [5.74, 6) is 1.29. The van der Waals surface area contributed by atoms with Gasteiger partial charge in [0.05, 0.1) is 16.7 Å². The molecule has 1 aliphatic rings. The van der Waals surface area contributed by atoms with Crippen molar-refractivity contribution in [3.8, 4) is 11.3 Å². The number of fused-ring (bicyclic) bond motifs is 1. The monoisotopic (exact) mass is 399 g/mol. The Labute approximate surface area is 175 Å². The van der Waals surface area contributed by atoms with E-state index in [0.29, 0.717) is 12.2 Å². The minimum atomic E-state index is 0.00401. The molecule has 6 nitrogen and oxygen atoms in total. The number of likely N-dealkylation sites (tertiary alicyclic amines) is 1. The van der Waals surface area contributed by atoms with Crippen LogP contribution >= 0.6 is 0 Å². The fraction of sp³-hybridized carbons (Fsp3) is 0.292. The van der Waals surface area contributed by atoms with Crippen LogP contribution in [0.4, 0.5) is 0 Å². The van der Waals surface area contributed by atoms with E-state index in [4.69, 9.17) is 4.98 Å². The number of rotatable bonds is 3. The van der Waals surface area contributed by atoms with Gasteiger partial charge in [0.2, 0.25) is 0 Å². The Kier molecular flexibility index (Phi) is 4.62. The van der Waals surface area contributed by atoms with Crippen molar-refractivity contribution in [3.05, 3.63) is 71.7 Å². The van der Waals surface area contributed by atoms with Crippen molar-refractivity contribution in [1.82, 2.24) is 24.6 Å². The first-order valence-electron chi connectivity index (χ1n) is 10.4. The Bertz CT molecular complexity index is 1200. The fourth-order valence-electron chi connectivity index (χ4n) is 4.38. The molecule has 0 bridgehead atoms. The van der Waals surface area contributed by atoms with Gasteiger partial charge in [0.25, 0.3) is 5.91 Å². The summed E-state index contributed by atoms with van der Waals surface area (Å²) >= 11 is 0. The van der Waals surface area contributed by atoms with E-state index in [-0.39, 0.29) is 11.8 Å². The van der Waals surface area contributed by atoms with Crippen LogP contribution in [0.3, 0.4) is 0 Å². The van der Waals surface area contributed by atoms with E-state index in [2.05, 4.69) is 46.9 Å². The number of benzene rings is 2. The number of carbonyl (C=O) groups is 1. The number of carbonyl (C=O) groups excluding carboxylic acids is 1. The number of nitrogens with zero attached hydrogens (tertiary/aromatic N) is 4. The molecule has 3 heterocycles. The highest BCUT2D eigenvalue weighted by molar-refractivity contribution is 5.93. The van der Waals surface area contributed by atoms with E-state index in [1.807, 2.05) is 41.3 Å². The summed E-state index contributed by atoms with van der Waals surface area (Å²) in [5.41, 5.74) is 5.68. The predicted molar refractivity (Wildman–Crippen MR) is 117 cm³/mol. The molecule has 1 N–H and O–H groups in total. The normalized spacial score (nSPS) is 16.9. The van der Waals surface area contributed by atoms with Gasteiger partial charge in [-0.05, 0) is 38.0 Å². The van der Waals surface area contributed by atoms with Crippen LogP contribution in [0.25, 0.3) is 22.3 Å². The van der Waals surface area contributed by atoms with E-state index in [0.717, 1.165) is 47.5 Å². The van der Waals surface area contributed by atoms with Gasteiger partial charge in [0, 0.05) is 31.6 Å². The molecule has 5 rings (SSSR count). The van der Waals surface area contributed by atoms with Crippen LogP contribution in [-0.2, 0) is 7.05 Å². The SMILES string of the molecule is Cc1ccc(-c2cc(C(=O)N3CCCC(c4nc5ccccc5n4C)C3)[nH]n2)cc1. The highest BCUT2D eigenvalue weighted by Gasteiger charge is 2.29. The van der Waals surface area contributed by atoms with Gasteiger partial charge in [0.15, 0.2) is 0 Å². The number of aromatic nitrogens is 4. The molecule has 1 atom stereocenters. The number of nitrogens with one attached hydrogen (secondary N) is 1. The van der Waals surface area contributed by atoms with Crippen molar-refractivity contribution in [2.45, 2.75) is 25.7 Å². The Morgan fingerprint density at radius 2 is 1.93 bits per heavy atom. The highest BCUT2D eigenvalue weighted by atomic mass is 16.2. The summed E-state index contributed by atoms with van der Waals surface area (Å²) < 4.78 is 2.17. The topological polar surface area (TPSA) is 66.8 Å². The lowest BCUT2D eigenvalue weighted by molar-refractivity contribution is 0.0697. The van der Waals surface area contributed by atoms with E-state index in [1.54, 1.807) is 0 Å². The lowest BCUT2D eigenvalue weighted by atomic mass is 9.97. The predicted octanol–water partition coefficient (Wildman–Crippen LogP) is 4.29. The molecule has 2 aromatic carbocycles. The van der Waals surface area contributed by atoms with Crippen LogP contribution in [0, 0.1) is 6.92 Å². The molecular formula is C24H25N5O. The van der Waals surface area contributed by atoms with Crippen LogP contribution in [0.2, 0.25) is 0 Å². The van der Waals surface area contributed by atoms with E-state index < -0.39 is 0 Å². The summed E-state index contributed by atoms with van der Waals surface area (Å²) in [5, 5.41) is 7.30. The van der Waals surface area contributed by atoms with E-state index >= 15 is 0 Å². The molecule has 1 unspecified atom stereocenters. The third-order valence-corrected chi connectivity index (χ3v) is 6.05. The second-order valence-electron chi connectivity index (χ2n) is 8.14. The third-order valence-electron chi connectivity index (χ3n) is 6.05. The largest absolute Gasteiger partial charge is 0.337 e. The van der Waals surface area contributed by atoms with Gasteiger partial charge in [-0.15, -0.1) is 0 Å². The number of aromatic amines is 1. The lowest BCUT2D eigenvalue weighted by Crippen LogP contribution is -2.39. The van der Waals surface area contributed by atoms with Gasteiger partial charge in [-0.2, -0.15) is 5.10 Å². The molecule has 6 heteroatoms. The van der Waals surface area contributed by atoms with Gasteiger partial charge in [-0.1, -0.05) is 42.0 Å². The third kappa shape index (κ3) is 3.28. The zero-order valence-electron chi connectivity index (χ0n) is 17.3. The molecule has 0 radical (unpaired) electrons. The first-order valence-corrected chi connectivity index (χ1v) is 10.4. The van der Waals surface area contributed by atoms with Crippen molar-refractivity contribution in [2.75, 3.05) is 13.1 Å². The summed E-state index contributed by atoms with van der Waals surface area (Å²) in [4.78, 5) is 19.9. The Morgan fingerprint density at radius 3 is 2.73 bits per heavy atom. The second-order valence-corrected chi connectivity index (χ2v) is 8.14. The molecular weight excluding hydrogens is 374 g/mol. The van der Waals surface area contributed by atoms with Crippen molar-refractivity contribution >= 4 is 16.9 Å². The average molecular weight is 399 g/mol. The van der Waals surface area contributed by atoms with Gasteiger partial charge in [-0.25, -0.2) is 4.98 Å². The van der Waals surface area contributed by atoms with Crippen LogP contribution in [0.5, 0.6) is 0 Å². The molecule has 30 heavy (non-hydrogen) atoms. The zero-order valence-corrected chi connectivity index (χ0v) is 17.3. The number of piperidine rings is 1. The molecule has 1 fully saturated rings. The summed E-state index contributed by atoms with van der Waals surface area (Å²) in [6.45, 7) is 3.49. The molecule has 1 aliphatic heterocycles. The van der Waals surface area contributed by atoms with Gasteiger partial charge in [0.1, 0.15) is 11.5 Å². The standard InChI is InChI=1S/C24H25N5O/c1-16-9-11-17(12-10-16)20-14-21(27-26-20)24(30)29-13-5-6-18(15-29)23-25-19-7-3-4-8-22(19)28(23)2/h3-4,7-12,14,18H,5-6,13,15H2,1-2H3,(H,26,27). The second kappa shape index (κ2) is 7.44. The van der Waals surface area contributed by atoms with E-state index in [1.165, 1.54) is 5.56 Å². The van der Waals surface area contributed by atoms with Crippen LogP contribution in [-0.4, -0.2) is 43.6 Å². The van der Waals surface area contributed by atoms with Crippen LogP contribution < -0.4 is 0 Å². The number of hydrogen-bond donors (Lipinski definition) is 1. The first-order chi connectivity index (χ1) is 14.6. The van der Waals surface area contributed by atoms with Gasteiger partial charge in [-0.3, -0.25) is 9.89 Å². The number of aryl methyl sites for hydroxylation is 2. The number of para-hydroxylation sites is 2. The minimum absolute atomic E-state index is 0.00401. The quantitative estimate of drug-likeness (QED) is 0.559. The molecule has 0 aliphatic carbocycles. The number of H-pyrrole nitrogens is 1. The highest BCUT2D eigenvalue weighted by Crippen LogP contribution is 2.29. The van der Waals surface area contributed by atoms with E-state index in [9.17, 15) is 4.79 Å².